The van der Waals surface area contributed by atoms with Gasteiger partial charge in [0, 0.05) is 33.2 Å². The summed E-state index contributed by atoms with van der Waals surface area (Å²) in [5.41, 5.74) is 0. The smallest absolute Gasteiger partial charge is 0.307 e. The van der Waals surface area contributed by atoms with E-state index in [2.05, 4.69) is 0 Å². The Balaban J connectivity index is 2.43. The van der Waals surface area contributed by atoms with E-state index in [1.54, 1.807) is 14.0 Å². The normalized spacial score (nSPS) is 15.5. The maximum atomic E-state index is 12.5. The molecule has 0 radical (unpaired) electrons. The third-order valence-corrected chi connectivity index (χ3v) is 4.21. The minimum Gasteiger partial charge on any atom is -0.466 e. The number of methoxy groups -OCH3 is 1. The van der Waals surface area contributed by atoms with Gasteiger partial charge in [-0.2, -0.15) is 0 Å². The van der Waals surface area contributed by atoms with Gasteiger partial charge in [-0.25, -0.2) is 0 Å². The summed E-state index contributed by atoms with van der Waals surface area (Å²) in [6.07, 6.45) is 7.80. The predicted molar refractivity (Wildman–Crippen MR) is 85.5 cm³/mol. The van der Waals surface area contributed by atoms with Gasteiger partial charge >= 0.3 is 5.97 Å². The van der Waals surface area contributed by atoms with Crippen LogP contribution in [0.4, 0.5) is 0 Å². The quantitative estimate of drug-likeness (QED) is 0.460. The van der Waals surface area contributed by atoms with Gasteiger partial charge in [0.25, 0.3) is 0 Å². The van der Waals surface area contributed by atoms with Crippen LogP contribution in [0.2, 0.25) is 0 Å². The van der Waals surface area contributed by atoms with E-state index in [9.17, 15) is 9.59 Å². The van der Waals surface area contributed by atoms with Crippen LogP contribution in [0, 0.1) is 5.92 Å². The molecule has 5 nitrogen and oxygen atoms in total. The van der Waals surface area contributed by atoms with Gasteiger partial charge in [-0.1, -0.05) is 19.3 Å². The lowest BCUT2D eigenvalue weighted by molar-refractivity contribution is -0.144. The maximum Gasteiger partial charge on any atom is 0.307 e. The van der Waals surface area contributed by atoms with Crippen LogP contribution >= 0.6 is 0 Å². The number of rotatable bonds is 10. The molecule has 5 heteroatoms. The molecule has 0 aromatic carbocycles. The lowest BCUT2D eigenvalue weighted by atomic mass is 9.86. The molecule has 0 aromatic rings. The second-order valence-corrected chi connectivity index (χ2v) is 5.99. The molecule has 0 atom stereocenters. The molecule has 128 valence electrons. The van der Waals surface area contributed by atoms with Gasteiger partial charge in [0.15, 0.2) is 0 Å². The summed E-state index contributed by atoms with van der Waals surface area (Å²) in [6, 6.07) is 0. The molecular weight excluding hydrogens is 282 g/mol. The number of ether oxygens (including phenoxy) is 2. The van der Waals surface area contributed by atoms with Gasteiger partial charge in [0.1, 0.15) is 0 Å². The van der Waals surface area contributed by atoms with Crippen molar-refractivity contribution in [3.8, 4) is 0 Å². The van der Waals surface area contributed by atoms with Crippen molar-refractivity contribution in [3.05, 3.63) is 0 Å². The van der Waals surface area contributed by atoms with E-state index in [0.29, 0.717) is 38.6 Å². The Morgan fingerprint density at radius 2 is 1.86 bits per heavy atom. The van der Waals surface area contributed by atoms with Gasteiger partial charge < -0.3 is 14.4 Å². The van der Waals surface area contributed by atoms with Crippen LogP contribution in [0.3, 0.4) is 0 Å². The molecule has 0 aliphatic heterocycles. The van der Waals surface area contributed by atoms with Gasteiger partial charge in [-0.3, -0.25) is 9.59 Å². The monoisotopic (exact) mass is 313 g/mol. The van der Waals surface area contributed by atoms with E-state index >= 15 is 0 Å². The van der Waals surface area contributed by atoms with E-state index in [0.717, 1.165) is 19.3 Å². The van der Waals surface area contributed by atoms with Crippen molar-refractivity contribution in [1.82, 2.24) is 4.90 Å². The Bertz CT molecular complexity index is 327. The first kappa shape index (κ1) is 18.9. The number of hydrogen-bond acceptors (Lipinski definition) is 4. The van der Waals surface area contributed by atoms with Crippen LogP contribution in [0.15, 0.2) is 0 Å². The molecule has 0 spiro atoms. The standard InChI is InChI=1S/C17H31NO4/c1-3-22-17(20)10-12-18(11-7-13-21-2)16(19)14-15-8-5-4-6-9-15/h15H,3-14H2,1-2H3. The molecule has 1 fully saturated rings. The van der Waals surface area contributed by atoms with Crippen LogP contribution < -0.4 is 0 Å². The second-order valence-electron chi connectivity index (χ2n) is 5.99. The highest BCUT2D eigenvalue weighted by molar-refractivity contribution is 5.77. The number of carbonyl (C=O) groups excluding carboxylic acids is 2. The predicted octanol–water partition coefficient (Wildman–Crippen LogP) is 2.78. The van der Waals surface area contributed by atoms with Crippen LogP contribution in [0.1, 0.15) is 58.3 Å². The molecule has 22 heavy (non-hydrogen) atoms. The van der Waals surface area contributed by atoms with Crippen molar-refractivity contribution in [3.63, 3.8) is 0 Å². The summed E-state index contributed by atoms with van der Waals surface area (Å²) in [4.78, 5) is 25.8. The highest BCUT2D eigenvalue weighted by Crippen LogP contribution is 2.26. The molecule has 0 unspecified atom stereocenters. The Morgan fingerprint density at radius 3 is 2.50 bits per heavy atom. The minimum atomic E-state index is -0.232. The average Bonchev–Trinajstić information content (AvgIpc) is 2.52. The first-order valence-corrected chi connectivity index (χ1v) is 8.59. The molecule has 1 amide bonds. The van der Waals surface area contributed by atoms with Crippen molar-refractivity contribution in [2.45, 2.75) is 58.3 Å². The van der Waals surface area contributed by atoms with Gasteiger partial charge in [0.2, 0.25) is 5.91 Å². The third kappa shape index (κ3) is 7.78. The molecule has 0 heterocycles. The molecule has 1 rings (SSSR count). The number of carbonyl (C=O) groups is 2. The highest BCUT2D eigenvalue weighted by atomic mass is 16.5. The fraction of sp³-hybridized carbons (Fsp3) is 0.882. The summed E-state index contributed by atoms with van der Waals surface area (Å²) in [5.74, 6) is 0.464. The van der Waals surface area contributed by atoms with E-state index in [1.807, 2.05) is 4.90 Å². The van der Waals surface area contributed by atoms with E-state index in [-0.39, 0.29) is 18.3 Å². The molecule has 1 saturated carbocycles. The summed E-state index contributed by atoms with van der Waals surface area (Å²) in [6.45, 7) is 3.92. The Kier molecular flexibility index (Phi) is 9.87. The van der Waals surface area contributed by atoms with Crippen LogP contribution in [0.25, 0.3) is 0 Å². The van der Waals surface area contributed by atoms with Crippen LogP contribution in [0.5, 0.6) is 0 Å². The van der Waals surface area contributed by atoms with Crippen molar-refractivity contribution < 1.29 is 19.1 Å². The van der Waals surface area contributed by atoms with E-state index in [1.165, 1.54) is 19.3 Å². The zero-order chi connectivity index (χ0) is 16.2. The molecule has 0 aromatic heterocycles. The fourth-order valence-corrected chi connectivity index (χ4v) is 2.99. The van der Waals surface area contributed by atoms with Crippen LogP contribution in [-0.4, -0.2) is 50.2 Å². The zero-order valence-electron chi connectivity index (χ0n) is 14.1. The summed E-state index contributed by atoms with van der Waals surface area (Å²) in [5, 5.41) is 0. The summed E-state index contributed by atoms with van der Waals surface area (Å²) >= 11 is 0. The largest absolute Gasteiger partial charge is 0.466 e. The van der Waals surface area contributed by atoms with Crippen molar-refractivity contribution >= 4 is 11.9 Å². The topological polar surface area (TPSA) is 55.8 Å². The average molecular weight is 313 g/mol. The number of esters is 1. The minimum absolute atomic E-state index is 0.173. The molecule has 0 bridgehead atoms. The SMILES string of the molecule is CCOC(=O)CCN(CCCOC)C(=O)CC1CCCCC1. The van der Waals surface area contributed by atoms with E-state index < -0.39 is 0 Å². The molecule has 1 aliphatic carbocycles. The van der Waals surface area contributed by atoms with Crippen molar-refractivity contribution in [1.29, 1.82) is 0 Å². The third-order valence-electron chi connectivity index (χ3n) is 4.21. The molecular formula is C17H31NO4. The van der Waals surface area contributed by atoms with Crippen molar-refractivity contribution in [2.75, 3.05) is 33.4 Å². The highest BCUT2D eigenvalue weighted by Gasteiger charge is 2.21. The van der Waals surface area contributed by atoms with Crippen LogP contribution in [-0.2, 0) is 19.1 Å². The van der Waals surface area contributed by atoms with Gasteiger partial charge in [-0.05, 0) is 32.1 Å². The Hall–Kier alpha value is -1.10. The zero-order valence-corrected chi connectivity index (χ0v) is 14.1. The number of amides is 1. The molecule has 0 saturated heterocycles. The summed E-state index contributed by atoms with van der Waals surface area (Å²) in [7, 11) is 1.66. The molecule has 1 aliphatic rings. The molecule has 0 N–H and O–H groups in total. The Morgan fingerprint density at radius 1 is 1.14 bits per heavy atom. The lowest BCUT2D eigenvalue weighted by Crippen LogP contribution is -2.36. The number of nitrogens with zero attached hydrogens (tertiary/aromatic N) is 1. The maximum absolute atomic E-state index is 12.5. The number of hydrogen-bond donors (Lipinski definition) is 0. The summed E-state index contributed by atoms with van der Waals surface area (Å²) < 4.78 is 10.0. The second kappa shape index (κ2) is 11.5. The fourth-order valence-electron chi connectivity index (χ4n) is 2.99. The van der Waals surface area contributed by atoms with E-state index in [4.69, 9.17) is 9.47 Å². The van der Waals surface area contributed by atoms with Gasteiger partial charge in [0.05, 0.1) is 13.0 Å². The Labute approximate surface area is 134 Å². The first-order chi connectivity index (χ1) is 10.7. The van der Waals surface area contributed by atoms with Crippen molar-refractivity contribution in [2.24, 2.45) is 5.92 Å². The van der Waals surface area contributed by atoms with Gasteiger partial charge in [-0.15, -0.1) is 0 Å². The first-order valence-electron chi connectivity index (χ1n) is 8.59. The lowest BCUT2D eigenvalue weighted by Gasteiger charge is -2.26.